The van der Waals surface area contributed by atoms with E-state index in [1.807, 2.05) is 7.05 Å². The third-order valence-corrected chi connectivity index (χ3v) is 23.8. The van der Waals surface area contributed by atoms with Crippen molar-refractivity contribution in [3.8, 4) is 0 Å². The Hall–Kier alpha value is -3.22. The Morgan fingerprint density at radius 3 is 1.11 bits per heavy atom. The Bertz CT molecular complexity index is 2020. The summed E-state index contributed by atoms with van der Waals surface area (Å²) in [6.07, 6.45) is 20.9. The molecule has 4 bridgehead atoms. The number of hydrogen-bond acceptors (Lipinski definition) is 12. The summed E-state index contributed by atoms with van der Waals surface area (Å²) in [5.41, 5.74) is 1.10. The minimum atomic E-state index is -0.625. The maximum atomic E-state index is 11.3. The lowest BCUT2D eigenvalue weighted by Gasteiger charge is -2.49. The molecule has 8 unspecified atom stereocenters. The van der Waals surface area contributed by atoms with Gasteiger partial charge in [0, 0.05) is 72.9 Å². The fourth-order valence-corrected chi connectivity index (χ4v) is 15.8. The van der Waals surface area contributed by atoms with Crippen molar-refractivity contribution in [1.82, 2.24) is 29.4 Å². The van der Waals surface area contributed by atoms with Gasteiger partial charge in [-0.25, -0.2) is 0 Å². The van der Waals surface area contributed by atoms with E-state index in [4.69, 9.17) is 15.3 Å². The molecule has 5 N–H and O–H groups in total. The van der Waals surface area contributed by atoms with Gasteiger partial charge < -0.3 is 35.3 Å². The van der Waals surface area contributed by atoms with Crippen molar-refractivity contribution < 1.29 is 54.3 Å². The number of fused-ring (bicyclic) bond motifs is 5. The molecule has 0 aromatic heterocycles. The molecule has 2 saturated carbocycles. The second kappa shape index (κ2) is 32.8. The zero-order chi connectivity index (χ0) is 63.1. The largest absolute Gasteiger partial charge is 0.481 e. The molecular formula is C67H122N6O11. The van der Waals surface area contributed by atoms with E-state index in [1.54, 1.807) is 6.92 Å². The molecule has 7 saturated heterocycles. The monoisotopic (exact) mass is 1190 g/mol. The van der Waals surface area contributed by atoms with Crippen LogP contribution in [0.4, 0.5) is 0 Å². The number of carboxylic acid groups (broad SMARTS) is 5. The summed E-state index contributed by atoms with van der Waals surface area (Å²) in [5, 5.41) is 45.1. The summed E-state index contributed by atoms with van der Waals surface area (Å²) >= 11 is 0. The van der Waals surface area contributed by atoms with E-state index in [0.29, 0.717) is 47.5 Å². The molecule has 17 nitrogen and oxygen atoms in total. The fourth-order valence-electron chi connectivity index (χ4n) is 15.8. The third kappa shape index (κ3) is 18.9. The van der Waals surface area contributed by atoms with E-state index in [1.165, 1.54) is 12.8 Å². The van der Waals surface area contributed by atoms with Crippen LogP contribution < -0.4 is 0 Å². The van der Waals surface area contributed by atoms with Gasteiger partial charge in [-0.15, -0.1) is 0 Å². The molecule has 9 fully saturated rings. The smallest absolute Gasteiger partial charge is 0.307 e. The van der Waals surface area contributed by atoms with E-state index in [-0.39, 0.29) is 51.7 Å². The summed E-state index contributed by atoms with van der Waals surface area (Å²) in [5.74, 6) is -1.03. The van der Waals surface area contributed by atoms with E-state index >= 15 is 0 Å². The van der Waals surface area contributed by atoms with Crippen molar-refractivity contribution >= 4 is 35.6 Å². The number of carbonyl (C=O) groups is 6. The number of carbonyl (C=O) groups excluding carboxylic acids is 1. The number of piperidine rings is 4. The van der Waals surface area contributed by atoms with Gasteiger partial charge in [0.15, 0.2) is 0 Å². The van der Waals surface area contributed by atoms with E-state index < -0.39 is 29.8 Å². The van der Waals surface area contributed by atoms with Crippen molar-refractivity contribution in [2.75, 3.05) is 79.5 Å². The van der Waals surface area contributed by atoms with E-state index in [9.17, 15) is 39.0 Å². The Kier molecular flexibility index (Phi) is 28.6. The number of likely N-dealkylation sites (tertiary alicyclic amines) is 5. The Morgan fingerprint density at radius 2 is 0.750 bits per heavy atom. The minimum Gasteiger partial charge on any atom is -0.481 e. The van der Waals surface area contributed by atoms with Gasteiger partial charge >= 0.3 is 29.8 Å². The van der Waals surface area contributed by atoms with Gasteiger partial charge in [0.05, 0.1) is 29.6 Å². The molecule has 2 aliphatic carbocycles. The SMILES string of the molecule is CC(=O)C1CCN(C)C1.CCC(C)(CC)N1C2CCC1CC(C(=O)O)C2.CCC(C)(CC)N1CC2C(C1)C2C(=O)O.CCC(C)(CC)N1CC2CCC(C1)C2C(=O)O.CCC(C)(CC)N1CCC(C(=O)O)CC1.CN1CCCC(C(=O)O)CC1. The van der Waals surface area contributed by atoms with Crippen LogP contribution in [0.15, 0.2) is 0 Å². The van der Waals surface area contributed by atoms with Crippen LogP contribution in [0.1, 0.15) is 218 Å². The number of hydrogen-bond donors (Lipinski definition) is 5. The van der Waals surface area contributed by atoms with Gasteiger partial charge in [0.1, 0.15) is 5.78 Å². The first-order valence-electron chi connectivity index (χ1n) is 33.5. The van der Waals surface area contributed by atoms with Crippen LogP contribution in [-0.4, -0.2) is 204 Å². The molecule has 8 atom stereocenters. The summed E-state index contributed by atoms with van der Waals surface area (Å²) < 4.78 is 0. The summed E-state index contributed by atoms with van der Waals surface area (Å²) in [6.45, 7) is 38.7. The van der Waals surface area contributed by atoms with Crippen LogP contribution in [0.25, 0.3) is 0 Å². The van der Waals surface area contributed by atoms with Gasteiger partial charge in [-0.05, 0) is 234 Å². The lowest BCUT2D eigenvalue weighted by Crippen LogP contribution is -2.56. The van der Waals surface area contributed by atoms with Crippen LogP contribution in [-0.2, 0) is 28.8 Å². The molecule has 17 heteroatoms. The molecule has 0 aromatic rings. The number of Topliss-reactive ketones (excluding diaryl/α,β-unsaturated/α-hetero) is 1. The normalized spacial score (nSPS) is 30.4. The van der Waals surface area contributed by atoms with E-state index in [2.05, 4.69) is 120 Å². The fraction of sp³-hybridized carbons (Fsp3) is 0.910. The Balaban J connectivity index is 0.000000219. The first-order valence-corrected chi connectivity index (χ1v) is 33.5. The first-order chi connectivity index (χ1) is 39.5. The van der Waals surface area contributed by atoms with Gasteiger partial charge in [-0.3, -0.25) is 48.4 Å². The van der Waals surface area contributed by atoms with Gasteiger partial charge in [0.2, 0.25) is 0 Å². The summed E-state index contributed by atoms with van der Waals surface area (Å²) in [6, 6.07) is 1.03. The average molecular weight is 1190 g/mol. The molecule has 0 aromatic carbocycles. The highest BCUT2D eigenvalue weighted by Gasteiger charge is 2.61. The van der Waals surface area contributed by atoms with Crippen molar-refractivity contribution in [1.29, 1.82) is 0 Å². The number of nitrogens with zero attached hydrogens (tertiary/aromatic N) is 6. The van der Waals surface area contributed by atoms with E-state index in [0.717, 1.165) is 181 Å². The topological polar surface area (TPSA) is 223 Å². The maximum absolute atomic E-state index is 11.3. The molecule has 7 heterocycles. The van der Waals surface area contributed by atoms with Crippen LogP contribution >= 0.6 is 0 Å². The van der Waals surface area contributed by atoms with Crippen LogP contribution in [0.2, 0.25) is 0 Å². The molecule has 9 rings (SSSR count). The number of carboxylic acids is 5. The quantitative estimate of drug-likeness (QED) is 0.0861. The number of aliphatic carboxylic acids is 5. The van der Waals surface area contributed by atoms with Crippen LogP contribution in [0.5, 0.6) is 0 Å². The molecule has 0 radical (unpaired) electrons. The van der Waals surface area contributed by atoms with Gasteiger partial charge in [0.25, 0.3) is 0 Å². The second-order valence-electron chi connectivity index (χ2n) is 28.3. The predicted molar refractivity (Wildman–Crippen MR) is 334 cm³/mol. The molecule has 9 aliphatic rings. The Labute approximate surface area is 508 Å². The maximum Gasteiger partial charge on any atom is 0.307 e. The molecule has 84 heavy (non-hydrogen) atoms. The molecular weight excluding hydrogens is 1060 g/mol. The van der Waals surface area contributed by atoms with Crippen molar-refractivity contribution in [3.05, 3.63) is 0 Å². The second-order valence-corrected chi connectivity index (χ2v) is 28.3. The molecule has 0 spiro atoms. The van der Waals surface area contributed by atoms with Crippen LogP contribution in [0.3, 0.4) is 0 Å². The highest BCUT2D eigenvalue weighted by atomic mass is 16.4. The van der Waals surface area contributed by atoms with Crippen LogP contribution in [0, 0.1) is 59.2 Å². The summed E-state index contributed by atoms with van der Waals surface area (Å²) in [4.78, 5) is 80.1. The zero-order valence-electron chi connectivity index (χ0n) is 55.5. The van der Waals surface area contributed by atoms with Crippen molar-refractivity contribution in [3.63, 3.8) is 0 Å². The molecule has 7 aliphatic heterocycles. The number of ketones is 1. The highest BCUT2D eigenvalue weighted by molar-refractivity contribution is 5.78. The molecule has 0 amide bonds. The predicted octanol–water partition coefficient (Wildman–Crippen LogP) is 11.0. The lowest BCUT2D eigenvalue weighted by atomic mass is 9.81. The lowest BCUT2D eigenvalue weighted by molar-refractivity contribution is -0.148. The minimum absolute atomic E-state index is 0.0285. The number of rotatable bonds is 18. The third-order valence-electron chi connectivity index (χ3n) is 23.8. The van der Waals surface area contributed by atoms with Crippen molar-refractivity contribution in [2.45, 2.75) is 253 Å². The van der Waals surface area contributed by atoms with Gasteiger partial charge in [-0.1, -0.05) is 55.4 Å². The average Bonchev–Trinajstić information content (AvgIpc) is 1.68. The Morgan fingerprint density at radius 1 is 0.381 bits per heavy atom. The van der Waals surface area contributed by atoms with Crippen molar-refractivity contribution in [2.24, 2.45) is 59.2 Å². The zero-order valence-corrected chi connectivity index (χ0v) is 55.5. The molecule has 486 valence electrons. The standard InChI is InChI=1S/2C14H25NO2.C12H21NO2.C12H23NO2.C8H15NO2.C7H13NO/c1-4-14(3,5-2)15-11-6-7-12(15)9-10(8-11)13(16)17;1-4-14(3,5-2)15-8-10-6-7-11(9-15)12(10)13(16)17;1-4-12(3,5-2)13-6-8-9(7-13)10(8)11(14)15;1-4-12(3,5-2)13-8-6-10(7-9-13)11(14)15;1-9-5-2-3-7(4-6-9)8(10)11;1-6(9)7-3-4-8(2)5-7/h2*10-12H,4-9H2,1-3H3,(H,16,17);8-10H,4-7H2,1-3H3,(H,14,15);10H,4-9H2,1-3H3,(H,14,15);7H,2-6H2,1H3,(H,10,11);7H,3-5H2,1-2H3. The first kappa shape index (κ1) is 73.3. The van der Waals surface area contributed by atoms with Gasteiger partial charge in [-0.2, -0.15) is 0 Å². The summed E-state index contributed by atoms with van der Waals surface area (Å²) in [7, 11) is 4.10. The highest BCUT2D eigenvalue weighted by Crippen LogP contribution is 2.54.